The number of rotatable bonds is 6. The highest BCUT2D eigenvalue weighted by Crippen LogP contribution is 2.30. The van der Waals surface area contributed by atoms with Crippen molar-refractivity contribution in [2.75, 3.05) is 5.75 Å². The first-order valence-electron chi connectivity index (χ1n) is 6.87. The van der Waals surface area contributed by atoms with E-state index in [0.717, 1.165) is 4.90 Å². The summed E-state index contributed by atoms with van der Waals surface area (Å²) in [6.07, 6.45) is 0. The Bertz CT molecular complexity index is 540. The van der Waals surface area contributed by atoms with Crippen molar-refractivity contribution >= 4 is 23.6 Å². The fourth-order valence-electron chi connectivity index (χ4n) is 1.74. The van der Waals surface area contributed by atoms with Gasteiger partial charge in [0.15, 0.2) is 0 Å². The molecule has 0 radical (unpaired) electrons. The normalized spacial score (nSPS) is 12.8. The van der Waals surface area contributed by atoms with Crippen molar-refractivity contribution in [2.24, 2.45) is 5.41 Å². The maximum absolute atomic E-state index is 12.2. The molecule has 21 heavy (non-hydrogen) atoms. The molecular weight excluding hydrogens is 286 g/mol. The molecule has 1 amide bonds. The van der Waals surface area contributed by atoms with Crippen molar-refractivity contribution in [3.8, 4) is 0 Å². The summed E-state index contributed by atoms with van der Waals surface area (Å²) in [5.74, 6) is -0.675. The molecule has 0 aromatic heterocycles. The molecule has 2 N–H and O–H groups in total. The predicted octanol–water partition coefficient (Wildman–Crippen LogP) is 3.01. The van der Waals surface area contributed by atoms with E-state index in [-0.39, 0.29) is 5.91 Å². The van der Waals surface area contributed by atoms with E-state index >= 15 is 0 Å². The quantitative estimate of drug-likeness (QED) is 0.793. The lowest BCUT2D eigenvalue weighted by Gasteiger charge is -2.24. The number of hydrogen-bond acceptors (Lipinski definition) is 3. The highest BCUT2D eigenvalue weighted by atomic mass is 32.2. The minimum atomic E-state index is -1.03. The SMILES string of the molecule is Cc1ccc(SCC(C)(C)C(=O)NC(C)C(=O)O)c(C)c1. The Hall–Kier alpha value is -1.49. The second kappa shape index (κ2) is 6.98. The summed E-state index contributed by atoms with van der Waals surface area (Å²) in [7, 11) is 0. The van der Waals surface area contributed by atoms with Crippen LogP contribution in [0.5, 0.6) is 0 Å². The maximum Gasteiger partial charge on any atom is 0.325 e. The van der Waals surface area contributed by atoms with Gasteiger partial charge in [-0.05, 0) is 32.4 Å². The van der Waals surface area contributed by atoms with Gasteiger partial charge in [0.25, 0.3) is 0 Å². The molecule has 1 atom stereocenters. The van der Waals surface area contributed by atoms with Gasteiger partial charge in [0.2, 0.25) is 5.91 Å². The number of benzene rings is 1. The van der Waals surface area contributed by atoms with Crippen LogP contribution in [0.2, 0.25) is 0 Å². The van der Waals surface area contributed by atoms with Gasteiger partial charge in [-0.3, -0.25) is 9.59 Å². The Balaban J connectivity index is 2.67. The molecule has 0 aliphatic carbocycles. The standard InChI is InChI=1S/C16H23NO3S/c1-10-6-7-13(11(2)8-10)21-9-16(4,5)15(20)17-12(3)14(18)19/h6-8,12H,9H2,1-5H3,(H,17,20)(H,18,19). The van der Waals surface area contributed by atoms with E-state index in [9.17, 15) is 9.59 Å². The molecule has 0 saturated carbocycles. The minimum absolute atomic E-state index is 0.241. The zero-order valence-corrected chi connectivity index (χ0v) is 14.0. The van der Waals surface area contributed by atoms with Crippen LogP contribution in [0.3, 0.4) is 0 Å². The lowest BCUT2D eigenvalue weighted by molar-refractivity contribution is -0.142. The van der Waals surface area contributed by atoms with Crippen LogP contribution in [0.1, 0.15) is 31.9 Å². The zero-order chi connectivity index (χ0) is 16.2. The van der Waals surface area contributed by atoms with Crippen LogP contribution in [-0.2, 0) is 9.59 Å². The first-order chi connectivity index (χ1) is 9.63. The minimum Gasteiger partial charge on any atom is -0.480 e. The van der Waals surface area contributed by atoms with E-state index in [1.165, 1.54) is 18.1 Å². The summed E-state index contributed by atoms with van der Waals surface area (Å²) in [4.78, 5) is 24.1. The highest BCUT2D eigenvalue weighted by molar-refractivity contribution is 7.99. The summed E-state index contributed by atoms with van der Waals surface area (Å²) in [6.45, 7) is 9.22. The Morgan fingerprint density at radius 3 is 2.48 bits per heavy atom. The fraction of sp³-hybridized carbons (Fsp3) is 0.500. The van der Waals surface area contributed by atoms with Gasteiger partial charge in [-0.1, -0.05) is 31.5 Å². The third-order valence-corrected chi connectivity index (χ3v) is 4.89. The molecule has 0 spiro atoms. The molecule has 5 heteroatoms. The Morgan fingerprint density at radius 1 is 1.33 bits per heavy atom. The molecule has 1 aromatic carbocycles. The number of carbonyl (C=O) groups excluding carboxylic acids is 1. The van der Waals surface area contributed by atoms with E-state index in [0.29, 0.717) is 5.75 Å². The third kappa shape index (κ3) is 5.08. The average molecular weight is 309 g/mol. The third-order valence-electron chi connectivity index (χ3n) is 3.25. The van der Waals surface area contributed by atoms with E-state index in [4.69, 9.17) is 5.11 Å². The average Bonchev–Trinajstić information content (AvgIpc) is 2.37. The number of thioether (sulfide) groups is 1. The summed E-state index contributed by atoms with van der Waals surface area (Å²) in [6, 6.07) is 5.35. The molecule has 1 rings (SSSR count). The van der Waals surface area contributed by atoms with Crippen molar-refractivity contribution in [2.45, 2.75) is 45.6 Å². The second-order valence-corrected chi connectivity index (χ2v) is 6.99. The summed E-state index contributed by atoms with van der Waals surface area (Å²) in [5.41, 5.74) is 1.77. The van der Waals surface area contributed by atoms with Gasteiger partial charge in [0.1, 0.15) is 6.04 Å². The number of amides is 1. The molecule has 4 nitrogen and oxygen atoms in total. The largest absolute Gasteiger partial charge is 0.480 e. The van der Waals surface area contributed by atoms with Gasteiger partial charge in [-0.2, -0.15) is 0 Å². The molecular formula is C16H23NO3S. The Kier molecular flexibility index (Phi) is 5.84. The molecule has 0 saturated heterocycles. The number of hydrogen-bond donors (Lipinski definition) is 2. The van der Waals surface area contributed by atoms with E-state index < -0.39 is 17.4 Å². The van der Waals surface area contributed by atoms with Crippen LogP contribution in [0, 0.1) is 19.3 Å². The van der Waals surface area contributed by atoms with Gasteiger partial charge in [0, 0.05) is 10.6 Å². The molecule has 0 aliphatic rings. The lowest BCUT2D eigenvalue weighted by atomic mass is 9.95. The predicted molar refractivity (Wildman–Crippen MR) is 85.7 cm³/mol. The van der Waals surface area contributed by atoms with Crippen LogP contribution in [-0.4, -0.2) is 28.8 Å². The van der Waals surface area contributed by atoms with Gasteiger partial charge in [-0.15, -0.1) is 11.8 Å². The van der Waals surface area contributed by atoms with Crippen LogP contribution >= 0.6 is 11.8 Å². The van der Waals surface area contributed by atoms with Crippen LogP contribution in [0.25, 0.3) is 0 Å². The van der Waals surface area contributed by atoms with Crippen molar-refractivity contribution in [3.63, 3.8) is 0 Å². The van der Waals surface area contributed by atoms with Gasteiger partial charge >= 0.3 is 5.97 Å². The zero-order valence-electron chi connectivity index (χ0n) is 13.2. The lowest BCUT2D eigenvalue weighted by Crippen LogP contribution is -2.46. The van der Waals surface area contributed by atoms with Crippen molar-refractivity contribution in [3.05, 3.63) is 29.3 Å². The topological polar surface area (TPSA) is 66.4 Å². The van der Waals surface area contributed by atoms with Gasteiger partial charge in [-0.25, -0.2) is 0 Å². The van der Waals surface area contributed by atoms with Gasteiger partial charge in [0.05, 0.1) is 5.41 Å². The second-order valence-electron chi connectivity index (χ2n) is 5.97. The summed E-state index contributed by atoms with van der Waals surface area (Å²) >= 11 is 1.62. The first kappa shape index (κ1) is 17.6. The van der Waals surface area contributed by atoms with Crippen LogP contribution in [0.4, 0.5) is 0 Å². The van der Waals surface area contributed by atoms with E-state index in [1.54, 1.807) is 11.8 Å². The van der Waals surface area contributed by atoms with E-state index in [2.05, 4.69) is 30.4 Å². The first-order valence-corrected chi connectivity index (χ1v) is 7.86. The monoisotopic (exact) mass is 309 g/mol. The number of carbonyl (C=O) groups is 2. The maximum atomic E-state index is 12.2. The molecule has 0 heterocycles. The van der Waals surface area contributed by atoms with Crippen molar-refractivity contribution < 1.29 is 14.7 Å². The number of aryl methyl sites for hydroxylation is 2. The Morgan fingerprint density at radius 2 is 1.95 bits per heavy atom. The summed E-state index contributed by atoms with van der Waals surface area (Å²) < 4.78 is 0. The van der Waals surface area contributed by atoms with Crippen LogP contribution in [0.15, 0.2) is 23.1 Å². The number of carboxylic acid groups (broad SMARTS) is 1. The molecule has 0 bridgehead atoms. The molecule has 116 valence electrons. The Labute approximate surface area is 130 Å². The highest BCUT2D eigenvalue weighted by Gasteiger charge is 2.30. The molecule has 1 aromatic rings. The summed E-state index contributed by atoms with van der Waals surface area (Å²) in [5, 5.41) is 11.4. The van der Waals surface area contributed by atoms with E-state index in [1.807, 2.05) is 20.8 Å². The number of aliphatic carboxylic acids is 1. The van der Waals surface area contributed by atoms with Crippen molar-refractivity contribution in [1.29, 1.82) is 0 Å². The fourth-order valence-corrected chi connectivity index (χ4v) is 2.84. The molecule has 0 aliphatic heterocycles. The molecule has 0 fully saturated rings. The molecule has 1 unspecified atom stereocenters. The van der Waals surface area contributed by atoms with Gasteiger partial charge < -0.3 is 10.4 Å². The smallest absolute Gasteiger partial charge is 0.325 e. The van der Waals surface area contributed by atoms with Crippen molar-refractivity contribution in [1.82, 2.24) is 5.32 Å². The number of carboxylic acids is 1. The van der Waals surface area contributed by atoms with Crippen LogP contribution < -0.4 is 5.32 Å². The number of nitrogens with one attached hydrogen (secondary N) is 1.